The Kier molecular flexibility index (Phi) is 4.46. The van der Waals surface area contributed by atoms with Gasteiger partial charge < -0.3 is 0 Å². The first kappa shape index (κ1) is 14.6. The number of hydroxylamine groups is 2. The van der Waals surface area contributed by atoms with Crippen LogP contribution in [0.5, 0.6) is 0 Å². The second-order valence-electron chi connectivity index (χ2n) is 5.54. The minimum Gasteiger partial charge on any atom is -0.274 e. The predicted molar refractivity (Wildman–Crippen MR) is 68.6 cm³/mol. The lowest BCUT2D eigenvalue weighted by Gasteiger charge is -2.28. The molecular formula is C14H20FNO2. The van der Waals surface area contributed by atoms with Crippen LogP contribution in [0.3, 0.4) is 0 Å². The molecule has 0 unspecified atom stereocenters. The smallest absolute Gasteiger partial charge is 0.274 e. The van der Waals surface area contributed by atoms with E-state index in [1.807, 2.05) is 20.8 Å². The highest BCUT2D eigenvalue weighted by Crippen LogP contribution is 2.19. The molecule has 0 aliphatic heterocycles. The van der Waals surface area contributed by atoms with Crippen molar-refractivity contribution in [3.8, 4) is 0 Å². The van der Waals surface area contributed by atoms with Crippen molar-refractivity contribution in [2.45, 2.75) is 27.7 Å². The highest BCUT2D eigenvalue weighted by atomic mass is 19.1. The lowest BCUT2D eigenvalue weighted by atomic mass is 9.96. The Morgan fingerprint density at radius 1 is 1.39 bits per heavy atom. The number of carbonyl (C=O) groups is 1. The van der Waals surface area contributed by atoms with Crippen LogP contribution in [0.2, 0.25) is 0 Å². The third-order valence-electron chi connectivity index (χ3n) is 2.48. The van der Waals surface area contributed by atoms with E-state index in [1.54, 1.807) is 6.92 Å². The summed E-state index contributed by atoms with van der Waals surface area (Å²) in [5.74, 6) is -0.589. The van der Waals surface area contributed by atoms with Gasteiger partial charge in [0, 0.05) is 5.56 Å². The minimum absolute atomic E-state index is 0.0698. The van der Waals surface area contributed by atoms with Gasteiger partial charge in [0.1, 0.15) is 5.82 Å². The van der Waals surface area contributed by atoms with Crippen molar-refractivity contribution >= 4 is 5.91 Å². The molecule has 0 radical (unpaired) electrons. The lowest BCUT2D eigenvalue weighted by Crippen LogP contribution is -2.37. The van der Waals surface area contributed by atoms with Gasteiger partial charge in [0.15, 0.2) is 0 Å². The molecule has 3 nitrogen and oxygen atoms in total. The van der Waals surface area contributed by atoms with Crippen molar-refractivity contribution in [1.82, 2.24) is 5.06 Å². The monoisotopic (exact) mass is 253 g/mol. The molecule has 0 fully saturated rings. The van der Waals surface area contributed by atoms with Crippen LogP contribution in [0.1, 0.15) is 36.7 Å². The molecule has 0 heterocycles. The first-order chi connectivity index (χ1) is 8.24. The van der Waals surface area contributed by atoms with E-state index in [9.17, 15) is 9.18 Å². The van der Waals surface area contributed by atoms with Crippen LogP contribution < -0.4 is 0 Å². The van der Waals surface area contributed by atoms with Gasteiger partial charge in [-0.1, -0.05) is 20.8 Å². The molecule has 1 aromatic rings. The Morgan fingerprint density at radius 2 is 2.00 bits per heavy atom. The maximum atomic E-state index is 13.0. The Labute approximate surface area is 108 Å². The standard InChI is InChI=1S/C14H20FNO2/c1-10-8-11(15)6-7-12(10)13(17)16(18-5)9-14(2,3)4/h6-8H,9H2,1-5H3. The molecule has 0 aliphatic carbocycles. The molecule has 0 spiro atoms. The fourth-order valence-electron chi connectivity index (χ4n) is 1.65. The number of hydrogen-bond donors (Lipinski definition) is 0. The molecule has 1 aromatic carbocycles. The number of carbonyl (C=O) groups excluding carboxylic acids is 1. The van der Waals surface area contributed by atoms with Gasteiger partial charge in [0.2, 0.25) is 0 Å². The molecule has 4 heteroatoms. The Hall–Kier alpha value is -1.42. The highest BCUT2D eigenvalue weighted by molar-refractivity contribution is 5.95. The summed E-state index contributed by atoms with van der Waals surface area (Å²) >= 11 is 0. The van der Waals surface area contributed by atoms with Gasteiger partial charge in [-0.05, 0) is 36.1 Å². The van der Waals surface area contributed by atoms with Gasteiger partial charge >= 0.3 is 0 Å². The van der Waals surface area contributed by atoms with E-state index in [0.29, 0.717) is 17.7 Å². The Bertz CT molecular complexity index is 438. The van der Waals surface area contributed by atoms with Crippen molar-refractivity contribution in [2.24, 2.45) is 5.41 Å². The zero-order valence-corrected chi connectivity index (χ0v) is 11.6. The predicted octanol–water partition coefficient (Wildman–Crippen LogP) is 3.18. The summed E-state index contributed by atoms with van der Waals surface area (Å²) in [5.41, 5.74) is 0.998. The molecule has 100 valence electrons. The van der Waals surface area contributed by atoms with Gasteiger partial charge in [0.25, 0.3) is 5.91 Å². The third-order valence-corrected chi connectivity index (χ3v) is 2.48. The van der Waals surface area contributed by atoms with Crippen LogP contribution in [0.4, 0.5) is 4.39 Å². The number of amides is 1. The van der Waals surface area contributed by atoms with Gasteiger partial charge in [-0.25, -0.2) is 9.45 Å². The van der Waals surface area contributed by atoms with E-state index in [4.69, 9.17) is 4.84 Å². The van der Waals surface area contributed by atoms with Crippen LogP contribution in [0.25, 0.3) is 0 Å². The third kappa shape index (κ3) is 3.81. The quantitative estimate of drug-likeness (QED) is 0.774. The zero-order chi connectivity index (χ0) is 13.9. The van der Waals surface area contributed by atoms with Crippen LogP contribution in [0.15, 0.2) is 18.2 Å². The van der Waals surface area contributed by atoms with Crippen molar-refractivity contribution in [2.75, 3.05) is 13.7 Å². The average molecular weight is 253 g/mol. The summed E-state index contributed by atoms with van der Waals surface area (Å²) < 4.78 is 13.0. The second-order valence-corrected chi connectivity index (χ2v) is 5.54. The SMILES string of the molecule is CON(CC(C)(C)C)C(=O)c1ccc(F)cc1C. The fourth-order valence-corrected chi connectivity index (χ4v) is 1.65. The number of benzene rings is 1. The zero-order valence-electron chi connectivity index (χ0n) is 11.6. The number of aryl methyl sites for hydroxylation is 1. The molecule has 0 bridgehead atoms. The van der Waals surface area contributed by atoms with Crippen LogP contribution in [-0.2, 0) is 4.84 Å². The van der Waals surface area contributed by atoms with Crippen molar-refractivity contribution in [1.29, 1.82) is 0 Å². The number of hydrogen-bond acceptors (Lipinski definition) is 2. The van der Waals surface area contributed by atoms with Gasteiger partial charge in [0.05, 0.1) is 13.7 Å². The molecular weight excluding hydrogens is 233 g/mol. The van der Waals surface area contributed by atoms with E-state index in [2.05, 4.69) is 0 Å². The maximum absolute atomic E-state index is 13.0. The molecule has 0 atom stereocenters. The highest BCUT2D eigenvalue weighted by Gasteiger charge is 2.23. The van der Waals surface area contributed by atoms with Crippen LogP contribution in [-0.4, -0.2) is 24.6 Å². The fraction of sp³-hybridized carbons (Fsp3) is 0.500. The number of halogens is 1. The maximum Gasteiger partial charge on any atom is 0.277 e. The van der Waals surface area contributed by atoms with Crippen molar-refractivity contribution in [3.63, 3.8) is 0 Å². The summed E-state index contributed by atoms with van der Waals surface area (Å²) in [7, 11) is 1.46. The summed E-state index contributed by atoms with van der Waals surface area (Å²) in [4.78, 5) is 17.4. The summed E-state index contributed by atoms with van der Waals surface area (Å²) in [6.45, 7) is 8.23. The van der Waals surface area contributed by atoms with Crippen molar-refractivity contribution in [3.05, 3.63) is 35.1 Å². The van der Waals surface area contributed by atoms with E-state index in [0.717, 1.165) is 0 Å². The van der Waals surface area contributed by atoms with Crippen LogP contribution >= 0.6 is 0 Å². The van der Waals surface area contributed by atoms with Gasteiger partial charge in [-0.15, -0.1) is 0 Å². The largest absolute Gasteiger partial charge is 0.277 e. The molecule has 0 N–H and O–H groups in total. The summed E-state index contributed by atoms with van der Waals surface area (Å²) in [6.07, 6.45) is 0. The van der Waals surface area contributed by atoms with E-state index < -0.39 is 0 Å². The molecule has 0 saturated heterocycles. The normalized spacial score (nSPS) is 11.4. The van der Waals surface area contributed by atoms with Crippen molar-refractivity contribution < 1.29 is 14.0 Å². The first-order valence-corrected chi connectivity index (χ1v) is 5.87. The van der Waals surface area contributed by atoms with Crippen LogP contribution in [0, 0.1) is 18.2 Å². The Morgan fingerprint density at radius 3 is 2.44 bits per heavy atom. The van der Waals surface area contributed by atoms with Gasteiger partial charge in [-0.2, -0.15) is 0 Å². The number of rotatable bonds is 3. The molecule has 0 aliphatic rings. The average Bonchev–Trinajstić information content (AvgIpc) is 2.24. The lowest BCUT2D eigenvalue weighted by molar-refractivity contribution is -0.110. The Balaban J connectivity index is 2.97. The molecule has 1 amide bonds. The molecule has 18 heavy (non-hydrogen) atoms. The summed E-state index contributed by atoms with van der Waals surface area (Å²) in [5, 5.41) is 1.31. The second kappa shape index (κ2) is 5.48. The van der Waals surface area contributed by atoms with E-state index in [1.165, 1.54) is 30.4 Å². The molecule has 0 saturated carbocycles. The molecule has 1 rings (SSSR count). The number of nitrogens with zero attached hydrogens (tertiary/aromatic N) is 1. The summed E-state index contributed by atoms with van der Waals surface area (Å²) in [6, 6.07) is 4.12. The van der Waals surface area contributed by atoms with Gasteiger partial charge in [-0.3, -0.25) is 9.63 Å². The first-order valence-electron chi connectivity index (χ1n) is 5.87. The van der Waals surface area contributed by atoms with E-state index >= 15 is 0 Å². The topological polar surface area (TPSA) is 29.5 Å². The van der Waals surface area contributed by atoms with E-state index in [-0.39, 0.29) is 17.1 Å². The molecule has 0 aromatic heterocycles. The minimum atomic E-state index is -0.344.